The molecule has 0 aliphatic carbocycles. The molecule has 1 atom stereocenters. The van der Waals surface area contributed by atoms with Crippen LogP contribution in [0.5, 0.6) is 5.75 Å². The smallest absolute Gasteiger partial charge is 0.344 e. The molecule has 2 aliphatic heterocycles. The average molecular weight is 521 g/mol. The zero-order valence-electron chi connectivity index (χ0n) is 22.7. The summed E-state index contributed by atoms with van der Waals surface area (Å²) in [6.45, 7) is 7.64. The highest BCUT2D eigenvalue weighted by Crippen LogP contribution is 2.25. The Morgan fingerprint density at radius 2 is 1.74 bits per heavy atom. The summed E-state index contributed by atoms with van der Waals surface area (Å²) in [5, 5.41) is 9.28. The van der Waals surface area contributed by atoms with E-state index >= 15 is 0 Å². The van der Waals surface area contributed by atoms with Crippen LogP contribution in [-0.2, 0) is 29.0 Å². The molecule has 0 radical (unpaired) electrons. The molecule has 4 rings (SSSR count). The van der Waals surface area contributed by atoms with E-state index in [0.29, 0.717) is 24.5 Å². The number of rotatable bonds is 10. The number of carboxylic acid groups (broad SMARTS) is 1. The fraction of sp³-hybridized carbons (Fsp3) is 0.516. The average Bonchev–Trinajstić information content (AvgIpc) is 3.12. The zero-order chi connectivity index (χ0) is 27.1. The Hall–Kier alpha value is -3.19. The van der Waals surface area contributed by atoms with Gasteiger partial charge in [-0.25, -0.2) is 4.79 Å². The fourth-order valence-corrected chi connectivity index (χ4v) is 5.57. The van der Waals surface area contributed by atoms with Crippen molar-refractivity contribution in [2.45, 2.75) is 71.4 Å². The minimum atomic E-state index is -0.948. The van der Waals surface area contributed by atoms with E-state index in [2.05, 4.69) is 17.0 Å². The van der Waals surface area contributed by atoms with E-state index in [4.69, 9.17) is 4.74 Å². The molecule has 0 aromatic heterocycles. The Labute approximate surface area is 225 Å². The lowest BCUT2D eigenvalue weighted by Gasteiger charge is -2.31. The van der Waals surface area contributed by atoms with Gasteiger partial charge in [0, 0.05) is 51.6 Å². The van der Waals surface area contributed by atoms with Crippen LogP contribution in [-0.4, -0.2) is 64.8 Å². The van der Waals surface area contributed by atoms with Gasteiger partial charge in [-0.2, -0.15) is 0 Å². The molecule has 7 nitrogen and oxygen atoms in total. The number of likely N-dealkylation sites (tertiary alicyclic amines) is 1. The van der Waals surface area contributed by atoms with E-state index in [1.54, 1.807) is 19.9 Å². The molecule has 2 heterocycles. The quantitative estimate of drug-likeness (QED) is 0.455. The summed E-state index contributed by atoms with van der Waals surface area (Å²) in [4.78, 5) is 40.2. The van der Waals surface area contributed by atoms with Crippen LogP contribution in [0.1, 0.15) is 73.0 Å². The highest BCUT2D eigenvalue weighted by Gasteiger charge is 2.22. The first-order chi connectivity index (χ1) is 18.3. The molecular formula is C31H40N2O5. The monoisotopic (exact) mass is 520 g/mol. The van der Waals surface area contributed by atoms with Gasteiger partial charge in [0.2, 0.25) is 5.91 Å². The fourth-order valence-electron chi connectivity index (χ4n) is 5.57. The number of hydrogen-bond donors (Lipinski definition) is 1. The number of carbonyl (C=O) groups excluding carboxylic acids is 2. The number of carbonyl (C=O) groups is 3. The van der Waals surface area contributed by atoms with Gasteiger partial charge in [-0.05, 0) is 79.3 Å². The number of ketones is 1. The SMILES string of the molecule is CCC(Oc1cccc(CN2CCc3ccc(C(=O)CCC4CCN(C(C)=O)CC4)cc3CC2)c1)C(=O)O. The number of piperidine rings is 1. The summed E-state index contributed by atoms with van der Waals surface area (Å²) in [6.07, 6.45) is 4.84. The van der Waals surface area contributed by atoms with Crippen molar-refractivity contribution in [3.63, 3.8) is 0 Å². The van der Waals surface area contributed by atoms with Gasteiger partial charge in [0.15, 0.2) is 11.9 Å². The van der Waals surface area contributed by atoms with Crippen LogP contribution < -0.4 is 4.74 Å². The third kappa shape index (κ3) is 7.44. The first-order valence-corrected chi connectivity index (χ1v) is 13.9. The zero-order valence-corrected chi connectivity index (χ0v) is 22.7. The van der Waals surface area contributed by atoms with E-state index in [1.807, 2.05) is 29.2 Å². The van der Waals surface area contributed by atoms with E-state index in [0.717, 1.165) is 76.0 Å². The third-order valence-corrected chi connectivity index (χ3v) is 7.99. The maximum atomic E-state index is 13.0. The van der Waals surface area contributed by atoms with Crippen molar-refractivity contribution < 1.29 is 24.2 Å². The number of nitrogens with zero attached hydrogens (tertiary/aromatic N) is 2. The largest absolute Gasteiger partial charge is 0.479 e. The van der Waals surface area contributed by atoms with Crippen molar-refractivity contribution >= 4 is 17.7 Å². The Kier molecular flexibility index (Phi) is 9.56. The first-order valence-electron chi connectivity index (χ1n) is 13.9. The van der Waals surface area contributed by atoms with Gasteiger partial charge in [0.1, 0.15) is 5.75 Å². The van der Waals surface area contributed by atoms with Crippen LogP contribution in [0.15, 0.2) is 42.5 Å². The maximum Gasteiger partial charge on any atom is 0.344 e. The predicted molar refractivity (Wildman–Crippen MR) is 146 cm³/mol. The molecule has 7 heteroatoms. The number of Topliss-reactive ketones (excluding diaryl/α,β-unsaturated/α-hetero) is 1. The van der Waals surface area contributed by atoms with Gasteiger partial charge in [-0.15, -0.1) is 0 Å². The molecule has 0 spiro atoms. The summed E-state index contributed by atoms with van der Waals surface area (Å²) >= 11 is 0. The van der Waals surface area contributed by atoms with E-state index in [-0.39, 0.29) is 11.7 Å². The Morgan fingerprint density at radius 1 is 1.00 bits per heavy atom. The minimum Gasteiger partial charge on any atom is -0.479 e. The van der Waals surface area contributed by atoms with Crippen molar-refractivity contribution in [1.82, 2.24) is 9.80 Å². The van der Waals surface area contributed by atoms with Crippen LogP contribution in [0, 0.1) is 5.92 Å². The number of aliphatic carboxylic acids is 1. The number of benzene rings is 2. The normalized spacial score (nSPS) is 17.4. The van der Waals surface area contributed by atoms with Crippen molar-refractivity contribution in [3.05, 3.63) is 64.7 Å². The molecule has 1 fully saturated rings. The summed E-state index contributed by atoms with van der Waals surface area (Å²) in [5.74, 6) is 0.515. The van der Waals surface area contributed by atoms with Crippen molar-refractivity contribution in [2.75, 3.05) is 26.2 Å². The van der Waals surface area contributed by atoms with Crippen molar-refractivity contribution in [2.24, 2.45) is 5.92 Å². The summed E-state index contributed by atoms with van der Waals surface area (Å²) < 4.78 is 5.67. The second kappa shape index (κ2) is 13.1. The highest BCUT2D eigenvalue weighted by atomic mass is 16.5. The molecule has 0 bridgehead atoms. The predicted octanol–water partition coefficient (Wildman–Crippen LogP) is 4.75. The van der Waals surface area contributed by atoms with Crippen LogP contribution in [0.4, 0.5) is 0 Å². The van der Waals surface area contributed by atoms with Crippen molar-refractivity contribution in [1.29, 1.82) is 0 Å². The molecule has 0 saturated carbocycles. The molecule has 1 N–H and O–H groups in total. The van der Waals surface area contributed by atoms with Gasteiger partial charge in [-0.3, -0.25) is 14.5 Å². The molecule has 2 aliphatic rings. The summed E-state index contributed by atoms with van der Waals surface area (Å²) in [7, 11) is 0. The summed E-state index contributed by atoms with van der Waals surface area (Å²) in [6, 6.07) is 13.9. The lowest BCUT2D eigenvalue weighted by Crippen LogP contribution is -2.37. The van der Waals surface area contributed by atoms with Gasteiger partial charge >= 0.3 is 5.97 Å². The number of amides is 1. The topological polar surface area (TPSA) is 87.2 Å². The van der Waals surface area contributed by atoms with E-state index in [9.17, 15) is 19.5 Å². The van der Waals surface area contributed by atoms with Crippen LogP contribution in [0.25, 0.3) is 0 Å². The van der Waals surface area contributed by atoms with Gasteiger partial charge in [0.25, 0.3) is 0 Å². The minimum absolute atomic E-state index is 0.145. The third-order valence-electron chi connectivity index (χ3n) is 7.99. The first kappa shape index (κ1) is 27.8. The van der Waals surface area contributed by atoms with Gasteiger partial charge in [0.05, 0.1) is 0 Å². The lowest BCUT2D eigenvalue weighted by molar-refractivity contribution is -0.145. The van der Waals surface area contributed by atoms with Crippen LogP contribution in [0.2, 0.25) is 0 Å². The number of fused-ring (bicyclic) bond motifs is 1. The molecule has 2 aromatic carbocycles. The standard InChI is InChI=1S/C31H40N2O5/c1-3-30(31(36)37)38-28-6-4-5-24(19-28)21-32-15-13-25-8-9-27(20-26(25)14-16-32)29(35)10-7-23-11-17-33(18-12-23)22(2)34/h4-6,8-9,19-20,23,30H,3,7,10-18,21H2,1-2H3,(H,36,37). The number of carboxylic acids is 1. The molecule has 2 aromatic rings. The second-order valence-electron chi connectivity index (χ2n) is 10.7. The van der Waals surface area contributed by atoms with E-state index in [1.165, 1.54) is 11.1 Å². The van der Waals surface area contributed by atoms with Gasteiger partial charge < -0.3 is 14.7 Å². The van der Waals surface area contributed by atoms with Gasteiger partial charge in [-0.1, -0.05) is 31.2 Å². The summed E-state index contributed by atoms with van der Waals surface area (Å²) in [5.41, 5.74) is 4.48. The number of ether oxygens (including phenoxy) is 1. The van der Waals surface area contributed by atoms with E-state index < -0.39 is 12.1 Å². The Bertz CT molecular complexity index is 1140. The molecule has 204 valence electrons. The molecule has 1 unspecified atom stereocenters. The van der Waals surface area contributed by atoms with Crippen LogP contribution in [0.3, 0.4) is 0 Å². The van der Waals surface area contributed by atoms with Crippen molar-refractivity contribution in [3.8, 4) is 5.75 Å². The lowest BCUT2D eigenvalue weighted by atomic mass is 9.89. The maximum absolute atomic E-state index is 13.0. The second-order valence-corrected chi connectivity index (χ2v) is 10.7. The van der Waals surface area contributed by atoms with Crippen LogP contribution >= 0.6 is 0 Å². The Balaban J connectivity index is 1.29. The molecule has 1 amide bonds. The number of hydrogen-bond acceptors (Lipinski definition) is 5. The highest BCUT2D eigenvalue weighted by molar-refractivity contribution is 5.96. The molecule has 1 saturated heterocycles. The Morgan fingerprint density at radius 3 is 2.42 bits per heavy atom. The molecule has 38 heavy (non-hydrogen) atoms. The molecular weight excluding hydrogens is 480 g/mol.